The molecule has 2 heterocycles. The maximum absolute atomic E-state index is 12.8. The van der Waals surface area contributed by atoms with Crippen molar-refractivity contribution in [2.24, 2.45) is 0 Å². The lowest BCUT2D eigenvalue weighted by atomic mass is 10.1. The average Bonchev–Trinajstić information content (AvgIpc) is 2.97. The van der Waals surface area contributed by atoms with E-state index in [0.717, 1.165) is 17.7 Å². The number of hydrogen-bond acceptors (Lipinski definition) is 5. The number of carbonyl (C=O) groups is 2. The number of anilines is 2. The number of benzene rings is 2. The summed E-state index contributed by atoms with van der Waals surface area (Å²) in [5.41, 5.74) is 2.20. The second kappa shape index (κ2) is 8.03. The van der Waals surface area contributed by atoms with Crippen LogP contribution in [0.2, 0.25) is 0 Å². The average molecular weight is 396 g/mol. The molecule has 0 aromatic heterocycles. The summed E-state index contributed by atoms with van der Waals surface area (Å²) in [6.07, 6.45) is 1.12. The van der Waals surface area contributed by atoms with Gasteiger partial charge >= 0.3 is 0 Å². The van der Waals surface area contributed by atoms with Crippen LogP contribution in [-0.4, -0.2) is 37.7 Å². The summed E-state index contributed by atoms with van der Waals surface area (Å²) in [6.45, 7) is 4.56. The van der Waals surface area contributed by atoms with Crippen LogP contribution >= 0.6 is 0 Å². The summed E-state index contributed by atoms with van der Waals surface area (Å²) in [4.78, 5) is 26.8. The normalized spacial score (nSPS) is 17.5. The van der Waals surface area contributed by atoms with E-state index in [1.807, 2.05) is 32.0 Å². The Hall–Kier alpha value is -3.22. The number of nitrogens with one attached hydrogen (secondary N) is 1. The maximum Gasteiger partial charge on any atom is 0.244 e. The van der Waals surface area contributed by atoms with E-state index in [9.17, 15) is 9.59 Å². The van der Waals surface area contributed by atoms with Gasteiger partial charge < -0.3 is 19.5 Å². The van der Waals surface area contributed by atoms with Crippen LogP contribution in [0.4, 0.5) is 11.4 Å². The highest BCUT2D eigenvalue weighted by Gasteiger charge is 2.26. The zero-order valence-corrected chi connectivity index (χ0v) is 16.6. The molecule has 2 aromatic rings. The number of carbonyl (C=O) groups excluding carboxylic acids is 2. The summed E-state index contributed by atoms with van der Waals surface area (Å²) in [5, 5.41) is 2.88. The fourth-order valence-electron chi connectivity index (χ4n) is 3.64. The molecule has 2 aromatic carbocycles. The molecular formula is C22H24N2O5. The van der Waals surface area contributed by atoms with E-state index in [1.54, 1.807) is 18.2 Å². The molecule has 1 atom stereocenters. The van der Waals surface area contributed by atoms with E-state index in [0.29, 0.717) is 36.1 Å². The van der Waals surface area contributed by atoms with Crippen molar-refractivity contribution in [2.45, 2.75) is 32.8 Å². The van der Waals surface area contributed by atoms with Gasteiger partial charge in [-0.05, 0) is 32.0 Å². The van der Waals surface area contributed by atoms with E-state index < -0.39 is 0 Å². The molecule has 2 amide bonds. The monoisotopic (exact) mass is 396 g/mol. The first kappa shape index (κ1) is 19.1. The van der Waals surface area contributed by atoms with Gasteiger partial charge in [-0.15, -0.1) is 0 Å². The zero-order valence-electron chi connectivity index (χ0n) is 16.6. The molecule has 0 aliphatic carbocycles. The second-order valence-corrected chi connectivity index (χ2v) is 7.12. The van der Waals surface area contributed by atoms with E-state index in [4.69, 9.17) is 14.2 Å². The minimum absolute atomic E-state index is 0.0941. The van der Waals surface area contributed by atoms with Crippen LogP contribution in [0.1, 0.15) is 25.8 Å². The minimum atomic E-state index is -0.318. The van der Waals surface area contributed by atoms with Crippen LogP contribution in [0.5, 0.6) is 17.2 Å². The molecule has 0 spiro atoms. The first-order valence-corrected chi connectivity index (χ1v) is 9.83. The van der Waals surface area contributed by atoms with Crippen molar-refractivity contribution in [3.05, 3.63) is 42.0 Å². The number of rotatable bonds is 5. The van der Waals surface area contributed by atoms with Gasteiger partial charge in [0.25, 0.3) is 0 Å². The van der Waals surface area contributed by atoms with Crippen molar-refractivity contribution >= 4 is 23.2 Å². The van der Waals surface area contributed by atoms with Crippen LogP contribution in [0.15, 0.2) is 36.4 Å². The Labute approximate surface area is 169 Å². The Kier molecular flexibility index (Phi) is 5.29. The third-order valence-corrected chi connectivity index (χ3v) is 4.90. The van der Waals surface area contributed by atoms with Crippen molar-refractivity contribution in [1.82, 2.24) is 0 Å². The summed E-state index contributed by atoms with van der Waals surface area (Å²) in [7, 11) is 0. The molecule has 2 aliphatic heterocycles. The smallest absolute Gasteiger partial charge is 0.244 e. The topological polar surface area (TPSA) is 77.1 Å². The largest absolute Gasteiger partial charge is 0.492 e. The van der Waals surface area contributed by atoms with Crippen molar-refractivity contribution in [3.8, 4) is 17.2 Å². The van der Waals surface area contributed by atoms with Gasteiger partial charge in [-0.1, -0.05) is 12.1 Å². The molecule has 152 valence electrons. The number of hydrogen-bond donors (Lipinski definition) is 1. The van der Waals surface area contributed by atoms with Crippen LogP contribution in [0, 0.1) is 0 Å². The second-order valence-electron chi connectivity index (χ2n) is 7.12. The van der Waals surface area contributed by atoms with Gasteiger partial charge in [-0.25, -0.2) is 0 Å². The van der Waals surface area contributed by atoms with E-state index in [2.05, 4.69) is 5.32 Å². The molecule has 0 radical (unpaired) electrons. The Morgan fingerprint density at radius 3 is 2.93 bits per heavy atom. The Balaban J connectivity index is 1.56. The first-order chi connectivity index (χ1) is 14.0. The zero-order chi connectivity index (χ0) is 20.4. The molecule has 4 rings (SSSR count). The highest BCUT2D eigenvalue weighted by atomic mass is 16.5. The molecule has 1 N–H and O–H groups in total. The lowest BCUT2D eigenvalue weighted by Crippen LogP contribution is -2.37. The predicted molar refractivity (Wildman–Crippen MR) is 109 cm³/mol. The summed E-state index contributed by atoms with van der Waals surface area (Å²) in [6, 6.07) is 10.9. The number of nitrogens with zero attached hydrogens (tertiary/aromatic N) is 1. The van der Waals surface area contributed by atoms with Crippen molar-refractivity contribution in [3.63, 3.8) is 0 Å². The first-order valence-electron chi connectivity index (χ1n) is 9.83. The third-order valence-electron chi connectivity index (χ3n) is 4.90. The molecule has 7 heteroatoms. The summed E-state index contributed by atoms with van der Waals surface area (Å²) < 4.78 is 17.1. The van der Waals surface area contributed by atoms with Crippen LogP contribution in [-0.2, 0) is 16.0 Å². The van der Waals surface area contributed by atoms with Gasteiger partial charge in [0.05, 0.1) is 31.0 Å². The maximum atomic E-state index is 12.8. The van der Waals surface area contributed by atoms with Gasteiger partial charge in [0.2, 0.25) is 11.8 Å². The Bertz CT molecular complexity index is 943. The Morgan fingerprint density at radius 2 is 2.10 bits per heavy atom. The van der Waals surface area contributed by atoms with Gasteiger partial charge in [0.15, 0.2) is 0 Å². The highest BCUT2D eigenvalue weighted by molar-refractivity contribution is 6.04. The molecule has 7 nitrogen and oxygen atoms in total. The SMILES string of the molecule is CCOc1cc2c(cc1NC(=O)CN1C(=O)CCOc3ccccc31)OC(C)C2. The molecule has 0 fully saturated rings. The van der Waals surface area contributed by atoms with E-state index in [-0.39, 0.29) is 30.9 Å². The lowest BCUT2D eigenvalue weighted by molar-refractivity contribution is -0.121. The quantitative estimate of drug-likeness (QED) is 0.840. The third kappa shape index (κ3) is 3.99. The molecule has 0 bridgehead atoms. The highest BCUT2D eigenvalue weighted by Crippen LogP contribution is 2.38. The predicted octanol–water partition coefficient (Wildman–Crippen LogP) is 3.16. The molecule has 1 unspecified atom stereocenters. The van der Waals surface area contributed by atoms with Crippen LogP contribution < -0.4 is 24.4 Å². The van der Waals surface area contributed by atoms with Crippen molar-refractivity contribution < 1.29 is 23.8 Å². The standard InChI is InChI=1S/C22H24N2O5/c1-3-27-20-11-15-10-14(2)29-19(15)12-16(20)23-21(25)13-24-17-6-4-5-7-18(17)28-9-8-22(24)26/h4-7,11-12,14H,3,8-10,13H2,1-2H3,(H,23,25). The van der Waals surface area contributed by atoms with Gasteiger partial charge in [-0.3, -0.25) is 14.5 Å². The molecule has 0 saturated carbocycles. The van der Waals surface area contributed by atoms with Crippen molar-refractivity contribution in [2.75, 3.05) is 30.0 Å². The van der Waals surface area contributed by atoms with Crippen LogP contribution in [0.3, 0.4) is 0 Å². The number of ether oxygens (including phenoxy) is 3. The summed E-state index contributed by atoms with van der Waals surface area (Å²) in [5.74, 6) is 1.48. The van der Waals surface area contributed by atoms with Gasteiger partial charge in [0, 0.05) is 18.1 Å². The number of para-hydroxylation sites is 2. The minimum Gasteiger partial charge on any atom is -0.492 e. The van der Waals surface area contributed by atoms with Crippen LogP contribution in [0.25, 0.3) is 0 Å². The van der Waals surface area contributed by atoms with E-state index in [1.165, 1.54) is 4.90 Å². The number of fused-ring (bicyclic) bond motifs is 2. The fourth-order valence-corrected chi connectivity index (χ4v) is 3.64. The molecule has 0 saturated heterocycles. The molecule has 29 heavy (non-hydrogen) atoms. The van der Waals surface area contributed by atoms with Gasteiger partial charge in [-0.2, -0.15) is 0 Å². The number of amides is 2. The van der Waals surface area contributed by atoms with Crippen molar-refractivity contribution in [1.29, 1.82) is 0 Å². The van der Waals surface area contributed by atoms with Gasteiger partial charge in [0.1, 0.15) is 29.9 Å². The molecule has 2 aliphatic rings. The molecular weight excluding hydrogens is 372 g/mol. The lowest BCUT2D eigenvalue weighted by Gasteiger charge is -2.22. The summed E-state index contributed by atoms with van der Waals surface area (Å²) >= 11 is 0. The Morgan fingerprint density at radius 1 is 1.28 bits per heavy atom. The fraction of sp³-hybridized carbons (Fsp3) is 0.364. The van der Waals surface area contributed by atoms with E-state index >= 15 is 0 Å².